The number of nitrogens with one attached hydrogen (secondary N) is 1. The lowest BCUT2D eigenvalue weighted by Gasteiger charge is -2.11. The Morgan fingerprint density at radius 3 is 2.65 bits per heavy atom. The summed E-state index contributed by atoms with van der Waals surface area (Å²) in [4.78, 5) is 10.5. The number of carboxylic acids is 1. The number of hydrogen-bond donors (Lipinski definition) is 2. The van der Waals surface area contributed by atoms with Crippen LogP contribution in [0.25, 0.3) is 0 Å². The van der Waals surface area contributed by atoms with Crippen molar-refractivity contribution in [1.82, 2.24) is 0 Å². The third-order valence-corrected chi connectivity index (χ3v) is 4.90. The zero-order valence-corrected chi connectivity index (χ0v) is 12.0. The predicted octanol–water partition coefficient (Wildman–Crippen LogP) is 2.26. The molecule has 2 N–H and O–H groups in total. The SMILES string of the molecule is COc1ccccc1NS(=O)(=O)c1ccsc1C(=O)O. The first kappa shape index (κ1) is 14.4. The molecule has 0 aliphatic rings. The number of anilines is 1. The molecule has 0 unspecified atom stereocenters. The number of ether oxygens (including phenoxy) is 1. The van der Waals surface area contributed by atoms with Crippen LogP contribution in [-0.2, 0) is 10.0 Å². The van der Waals surface area contributed by atoms with Gasteiger partial charge in [0.1, 0.15) is 15.5 Å². The molecule has 6 nitrogen and oxygen atoms in total. The standard InChI is InChI=1S/C12H11NO5S2/c1-18-9-5-3-2-4-8(9)13-20(16,17)10-6-7-19-11(10)12(14)15/h2-7,13H,1H3,(H,14,15). The van der Waals surface area contributed by atoms with E-state index in [-0.39, 0.29) is 15.5 Å². The quantitative estimate of drug-likeness (QED) is 0.883. The molecule has 1 aromatic carbocycles. The minimum atomic E-state index is -3.98. The molecular weight excluding hydrogens is 302 g/mol. The van der Waals surface area contributed by atoms with Gasteiger partial charge >= 0.3 is 5.97 Å². The number of carboxylic acid groups (broad SMARTS) is 1. The Bertz CT molecular complexity index is 736. The van der Waals surface area contributed by atoms with E-state index in [4.69, 9.17) is 9.84 Å². The van der Waals surface area contributed by atoms with Crippen LogP contribution in [0.1, 0.15) is 9.67 Å². The van der Waals surface area contributed by atoms with Gasteiger partial charge in [0, 0.05) is 0 Å². The molecule has 0 bridgehead atoms. The number of hydrogen-bond acceptors (Lipinski definition) is 5. The molecule has 1 aromatic heterocycles. The van der Waals surface area contributed by atoms with Crippen LogP contribution in [0.15, 0.2) is 40.6 Å². The van der Waals surface area contributed by atoms with Crippen molar-refractivity contribution >= 4 is 33.0 Å². The molecule has 0 atom stereocenters. The molecule has 8 heteroatoms. The lowest BCUT2D eigenvalue weighted by molar-refractivity contribution is 0.0698. The molecule has 0 aliphatic carbocycles. The van der Waals surface area contributed by atoms with Crippen LogP contribution in [0, 0.1) is 0 Å². The molecule has 2 rings (SSSR count). The highest BCUT2D eigenvalue weighted by Gasteiger charge is 2.24. The lowest BCUT2D eigenvalue weighted by atomic mass is 10.3. The van der Waals surface area contributed by atoms with Crippen LogP contribution in [0.3, 0.4) is 0 Å². The Kier molecular flexibility index (Phi) is 3.96. The Hall–Kier alpha value is -2.06. The fraction of sp³-hybridized carbons (Fsp3) is 0.0833. The Morgan fingerprint density at radius 1 is 1.30 bits per heavy atom. The minimum Gasteiger partial charge on any atom is -0.495 e. The normalized spacial score (nSPS) is 11.1. The maximum Gasteiger partial charge on any atom is 0.347 e. The van der Waals surface area contributed by atoms with Gasteiger partial charge in [0.2, 0.25) is 0 Å². The highest BCUT2D eigenvalue weighted by Crippen LogP contribution is 2.28. The van der Waals surface area contributed by atoms with E-state index in [0.29, 0.717) is 5.75 Å². The summed E-state index contributed by atoms with van der Waals surface area (Å²) in [5, 5.41) is 10.4. The largest absolute Gasteiger partial charge is 0.495 e. The van der Waals surface area contributed by atoms with Crippen molar-refractivity contribution in [1.29, 1.82) is 0 Å². The van der Waals surface area contributed by atoms with E-state index in [1.54, 1.807) is 18.2 Å². The van der Waals surface area contributed by atoms with Gasteiger partial charge < -0.3 is 9.84 Å². The van der Waals surface area contributed by atoms with Gasteiger partial charge in [-0.3, -0.25) is 4.72 Å². The third-order valence-electron chi connectivity index (χ3n) is 2.46. The number of aromatic carboxylic acids is 1. The molecule has 0 spiro atoms. The van der Waals surface area contributed by atoms with Crippen LogP contribution < -0.4 is 9.46 Å². The highest BCUT2D eigenvalue weighted by atomic mass is 32.2. The predicted molar refractivity (Wildman–Crippen MR) is 75.1 cm³/mol. The van der Waals surface area contributed by atoms with E-state index in [9.17, 15) is 13.2 Å². The van der Waals surface area contributed by atoms with Crippen molar-refractivity contribution in [2.75, 3.05) is 11.8 Å². The Morgan fingerprint density at radius 2 is 2.00 bits per heavy atom. The van der Waals surface area contributed by atoms with Crippen LogP contribution in [0.2, 0.25) is 0 Å². The summed E-state index contributed by atoms with van der Waals surface area (Å²) in [7, 11) is -2.56. The molecule has 106 valence electrons. The van der Waals surface area contributed by atoms with Crippen molar-refractivity contribution < 1.29 is 23.1 Å². The third kappa shape index (κ3) is 2.75. The number of methoxy groups -OCH3 is 1. The molecule has 1 heterocycles. The Balaban J connectivity index is 2.41. The van der Waals surface area contributed by atoms with Gasteiger partial charge in [-0.25, -0.2) is 13.2 Å². The first-order valence-electron chi connectivity index (χ1n) is 5.42. The number of carbonyl (C=O) groups is 1. The summed E-state index contributed by atoms with van der Waals surface area (Å²) >= 11 is 0.855. The summed E-state index contributed by atoms with van der Waals surface area (Å²) < 4.78 is 31.8. The number of para-hydroxylation sites is 2. The van der Waals surface area contributed by atoms with Crippen molar-refractivity contribution in [3.63, 3.8) is 0 Å². The van der Waals surface area contributed by atoms with E-state index in [2.05, 4.69) is 4.72 Å². The second kappa shape index (κ2) is 5.51. The van der Waals surface area contributed by atoms with Crippen LogP contribution >= 0.6 is 11.3 Å². The first-order valence-corrected chi connectivity index (χ1v) is 7.78. The first-order chi connectivity index (χ1) is 9.45. The molecule has 20 heavy (non-hydrogen) atoms. The second-order valence-corrected chi connectivity index (χ2v) is 6.29. The van der Waals surface area contributed by atoms with Crippen molar-refractivity contribution in [2.24, 2.45) is 0 Å². The smallest absolute Gasteiger partial charge is 0.347 e. The average Bonchev–Trinajstić information content (AvgIpc) is 2.89. The molecule has 0 saturated carbocycles. The van der Waals surface area contributed by atoms with Crippen LogP contribution in [0.5, 0.6) is 5.75 Å². The van der Waals surface area contributed by atoms with Crippen molar-refractivity contribution in [2.45, 2.75) is 4.90 Å². The molecule has 0 saturated heterocycles. The zero-order valence-electron chi connectivity index (χ0n) is 10.4. The van der Waals surface area contributed by atoms with E-state index >= 15 is 0 Å². The summed E-state index contributed by atoms with van der Waals surface area (Å²) in [6, 6.07) is 7.73. The minimum absolute atomic E-state index is 0.229. The highest BCUT2D eigenvalue weighted by molar-refractivity contribution is 7.93. The summed E-state index contributed by atoms with van der Waals surface area (Å²) in [5.41, 5.74) is 0.248. The molecular formula is C12H11NO5S2. The van der Waals surface area contributed by atoms with Crippen LogP contribution in [0.4, 0.5) is 5.69 Å². The number of thiophene rings is 1. The Labute approximate surface area is 119 Å². The van der Waals surface area contributed by atoms with Gasteiger partial charge in [0.05, 0.1) is 12.8 Å². The fourth-order valence-electron chi connectivity index (χ4n) is 1.59. The molecule has 2 aromatic rings. The maximum absolute atomic E-state index is 12.2. The maximum atomic E-state index is 12.2. The topological polar surface area (TPSA) is 92.7 Å². The number of benzene rings is 1. The van der Waals surface area contributed by atoms with Gasteiger partial charge in [-0.05, 0) is 23.6 Å². The van der Waals surface area contributed by atoms with Gasteiger partial charge in [-0.1, -0.05) is 12.1 Å². The van der Waals surface area contributed by atoms with Gasteiger partial charge in [0.25, 0.3) is 10.0 Å². The fourth-order valence-corrected chi connectivity index (χ4v) is 3.93. The van der Waals surface area contributed by atoms with Gasteiger partial charge in [0.15, 0.2) is 0 Å². The summed E-state index contributed by atoms with van der Waals surface area (Å²) in [6.45, 7) is 0. The van der Waals surface area contributed by atoms with Crippen LogP contribution in [-0.4, -0.2) is 26.6 Å². The second-order valence-electron chi connectivity index (χ2n) is 3.72. The lowest BCUT2D eigenvalue weighted by Crippen LogP contribution is -2.15. The van der Waals surface area contributed by atoms with Gasteiger partial charge in [-0.2, -0.15) is 0 Å². The molecule has 0 radical (unpaired) electrons. The molecule has 0 aliphatic heterocycles. The molecule has 0 fully saturated rings. The van der Waals surface area contributed by atoms with E-state index in [0.717, 1.165) is 11.3 Å². The molecule has 0 amide bonds. The van der Waals surface area contributed by atoms with Crippen molar-refractivity contribution in [3.05, 3.63) is 40.6 Å². The summed E-state index contributed by atoms with van der Waals surface area (Å²) in [5.74, 6) is -0.927. The van der Waals surface area contributed by atoms with Crippen molar-refractivity contribution in [3.8, 4) is 5.75 Å². The zero-order chi connectivity index (χ0) is 14.8. The van der Waals surface area contributed by atoms with Gasteiger partial charge in [-0.15, -0.1) is 11.3 Å². The number of sulfonamides is 1. The van der Waals surface area contributed by atoms with E-state index < -0.39 is 16.0 Å². The summed E-state index contributed by atoms with van der Waals surface area (Å²) in [6.07, 6.45) is 0. The van der Waals surface area contributed by atoms with E-state index in [1.807, 2.05) is 0 Å². The monoisotopic (exact) mass is 313 g/mol. The number of rotatable bonds is 5. The average molecular weight is 313 g/mol. The van der Waals surface area contributed by atoms with E-state index in [1.165, 1.54) is 24.6 Å².